The summed E-state index contributed by atoms with van der Waals surface area (Å²) < 4.78 is 37.4. The molecule has 1 atom stereocenters. The molecule has 154 valence electrons. The van der Waals surface area contributed by atoms with Crippen molar-refractivity contribution in [2.75, 3.05) is 38.8 Å². The fourth-order valence-corrected chi connectivity index (χ4v) is 13.1. The molecule has 1 fully saturated rings. The third-order valence-corrected chi connectivity index (χ3v) is 12.5. The molecule has 1 unspecified atom stereocenters. The Morgan fingerprint density at radius 1 is 1.04 bits per heavy atom. The monoisotopic (exact) mass is 425 g/mol. The van der Waals surface area contributed by atoms with E-state index in [4.69, 9.17) is 17.5 Å². The second-order valence-corrected chi connectivity index (χ2v) is 17.4. The maximum Gasteiger partial charge on any atom is 0.501 e. The number of hydrogen-bond acceptors (Lipinski definition) is 6. The van der Waals surface area contributed by atoms with Gasteiger partial charge in [0.05, 0.1) is 6.29 Å². The molecule has 0 aromatic rings. The van der Waals surface area contributed by atoms with Gasteiger partial charge in [-0.25, -0.2) is 0 Å². The minimum Gasteiger partial charge on any atom is -0.374 e. The fourth-order valence-electron chi connectivity index (χ4n) is 3.07. The van der Waals surface area contributed by atoms with Gasteiger partial charge in [-0.2, -0.15) is 0 Å². The molecule has 1 saturated heterocycles. The van der Waals surface area contributed by atoms with Gasteiger partial charge < -0.3 is 22.4 Å². The van der Waals surface area contributed by atoms with Gasteiger partial charge in [-0.3, -0.25) is 9.36 Å². The fraction of sp³-hybridized carbons (Fsp3) is 0.938. The summed E-state index contributed by atoms with van der Waals surface area (Å²) in [4.78, 5) is 13.7. The zero-order valence-corrected chi connectivity index (χ0v) is 20.1. The van der Waals surface area contributed by atoms with Crippen LogP contribution in [0, 0.1) is 0 Å². The molecule has 7 nitrogen and oxygen atoms in total. The molecule has 0 aliphatic carbocycles. The quantitative estimate of drug-likeness (QED) is 0.330. The van der Waals surface area contributed by atoms with Crippen LogP contribution in [0.1, 0.15) is 33.6 Å². The van der Waals surface area contributed by atoms with Gasteiger partial charge in [-0.05, 0) is 46.8 Å². The van der Waals surface area contributed by atoms with Crippen LogP contribution in [0.3, 0.4) is 0 Å². The Balaban J connectivity index is 2.94. The lowest BCUT2D eigenvalue weighted by Gasteiger charge is -2.33. The summed E-state index contributed by atoms with van der Waals surface area (Å²) in [6.45, 7) is 13.9. The van der Waals surface area contributed by atoms with Gasteiger partial charge in [-0.1, -0.05) is 0 Å². The molecular formula is C16H36NO6PSi2. The zero-order chi connectivity index (χ0) is 19.8. The molecule has 1 aliphatic rings. The molecule has 26 heavy (non-hydrogen) atoms. The Morgan fingerprint density at radius 2 is 1.58 bits per heavy atom. The lowest BCUT2D eigenvalue weighted by Crippen LogP contribution is -2.47. The summed E-state index contributed by atoms with van der Waals surface area (Å²) >= 11 is 0. The molecule has 0 aromatic heterocycles. The zero-order valence-electron chi connectivity index (χ0n) is 17.2. The summed E-state index contributed by atoms with van der Waals surface area (Å²) in [7, 11) is -7.97. The smallest absolute Gasteiger partial charge is 0.374 e. The minimum atomic E-state index is -3.03. The maximum absolute atomic E-state index is 13.7. The van der Waals surface area contributed by atoms with Crippen LogP contribution in [0.15, 0.2) is 0 Å². The lowest BCUT2D eigenvalue weighted by molar-refractivity contribution is -0.127. The number of likely N-dealkylation sites (tertiary alicyclic amines) is 1. The first-order valence-corrected chi connectivity index (χ1v) is 16.9. The maximum atomic E-state index is 13.7. The molecule has 1 rings (SSSR count). The minimum absolute atomic E-state index is 0.0623. The van der Waals surface area contributed by atoms with Crippen LogP contribution < -0.4 is 0 Å². The van der Waals surface area contributed by atoms with E-state index in [2.05, 4.69) is 0 Å². The summed E-state index contributed by atoms with van der Waals surface area (Å²) in [5, 5.41) is 0. The average Bonchev–Trinajstić information content (AvgIpc) is 2.89. The molecule has 0 saturated carbocycles. The third kappa shape index (κ3) is 7.92. The predicted octanol–water partition coefficient (Wildman–Crippen LogP) is 3.74. The summed E-state index contributed by atoms with van der Waals surface area (Å²) in [5.41, 5.74) is 0. The standard InChI is InChI=1S/C16H36NO6PSi2/c1-7-20-26(21-8-2,22-9-3)14-13-24(19,23-25(4,5)6)15-17-12-10-11-16(17)18/h7-15H2,1-6H3. The molecule has 1 aliphatic heterocycles. The van der Waals surface area contributed by atoms with E-state index in [1.54, 1.807) is 4.90 Å². The van der Waals surface area contributed by atoms with Crippen molar-refractivity contribution in [3.05, 3.63) is 0 Å². The first kappa shape index (κ1) is 24.0. The number of amides is 1. The highest BCUT2D eigenvalue weighted by molar-refractivity contribution is 7.60. The number of rotatable bonds is 13. The van der Waals surface area contributed by atoms with Gasteiger partial charge >= 0.3 is 8.80 Å². The van der Waals surface area contributed by atoms with E-state index in [-0.39, 0.29) is 12.2 Å². The van der Waals surface area contributed by atoms with E-state index >= 15 is 0 Å². The Labute approximate surface area is 160 Å². The van der Waals surface area contributed by atoms with Crippen molar-refractivity contribution in [1.82, 2.24) is 4.90 Å². The Morgan fingerprint density at radius 3 is 1.96 bits per heavy atom. The van der Waals surface area contributed by atoms with E-state index in [9.17, 15) is 9.36 Å². The molecule has 10 heteroatoms. The van der Waals surface area contributed by atoms with Crippen LogP contribution in [-0.2, 0) is 26.9 Å². The first-order valence-electron chi connectivity index (χ1n) is 9.57. The van der Waals surface area contributed by atoms with Crippen molar-refractivity contribution in [3.63, 3.8) is 0 Å². The van der Waals surface area contributed by atoms with Crippen LogP contribution in [0.4, 0.5) is 0 Å². The van der Waals surface area contributed by atoms with Crippen molar-refractivity contribution in [3.8, 4) is 0 Å². The largest absolute Gasteiger partial charge is 0.501 e. The Hall–Kier alpha value is -0.0262. The molecule has 0 aromatic carbocycles. The number of hydrogen-bond donors (Lipinski definition) is 0. The van der Waals surface area contributed by atoms with Crippen LogP contribution >= 0.6 is 7.37 Å². The third-order valence-electron chi connectivity index (χ3n) is 3.85. The average molecular weight is 426 g/mol. The topological polar surface area (TPSA) is 74.3 Å². The number of nitrogens with zero attached hydrogens (tertiary/aromatic N) is 1. The first-order chi connectivity index (χ1) is 12.1. The normalized spacial score (nSPS) is 18.4. The molecule has 0 N–H and O–H groups in total. The van der Waals surface area contributed by atoms with Gasteiger partial charge in [-0.15, -0.1) is 0 Å². The van der Waals surface area contributed by atoms with Gasteiger partial charge in [0, 0.05) is 45.0 Å². The molecular weight excluding hydrogens is 389 g/mol. The molecule has 1 amide bonds. The van der Waals surface area contributed by atoms with E-state index in [0.717, 1.165) is 6.42 Å². The van der Waals surface area contributed by atoms with E-state index < -0.39 is 24.5 Å². The van der Waals surface area contributed by atoms with E-state index in [1.165, 1.54) is 0 Å². The highest BCUT2D eigenvalue weighted by Crippen LogP contribution is 2.52. The number of carbonyl (C=O) groups is 1. The predicted molar refractivity (Wildman–Crippen MR) is 108 cm³/mol. The van der Waals surface area contributed by atoms with E-state index in [1.807, 2.05) is 40.4 Å². The van der Waals surface area contributed by atoms with Gasteiger partial charge in [0.2, 0.25) is 13.3 Å². The molecule has 0 spiro atoms. The summed E-state index contributed by atoms with van der Waals surface area (Å²) in [6.07, 6.45) is 1.85. The number of carbonyl (C=O) groups excluding carboxylic acids is 1. The van der Waals surface area contributed by atoms with Crippen molar-refractivity contribution < 1.29 is 26.9 Å². The molecule has 0 bridgehead atoms. The van der Waals surface area contributed by atoms with Crippen LogP contribution in [0.5, 0.6) is 0 Å². The summed E-state index contributed by atoms with van der Waals surface area (Å²) in [5.74, 6) is 0.0623. The van der Waals surface area contributed by atoms with Crippen LogP contribution in [0.2, 0.25) is 25.7 Å². The van der Waals surface area contributed by atoms with Crippen molar-refractivity contribution in [2.45, 2.75) is 59.3 Å². The Kier molecular flexibility index (Phi) is 9.70. The van der Waals surface area contributed by atoms with Crippen molar-refractivity contribution in [2.24, 2.45) is 0 Å². The van der Waals surface area contributed by atoms with Crippen LogP contribution in [0.25, 0.3) is 0 Å². The second kappa shape index (κ2) is 10.5. The van der Waals surface area contributed by atoms with Gasteiger partial charge in [0.25, 0.3) is 0 Å². The second-order valence-electron chi connectivity index (χ2n) is 7.38. The molecule has 0 radical (unpaired) electrons. The van der Waals surface area contributed by atoms with Crippen LogP contribution in [-0.4, -0.2) is 66.7 Å². The highest BCUT2D eigenvalue weighted by Gasteiger charge is 2.44. The summed E-state index contributed by atoms with van der Waals surface area (Å²) in [6, 6.07) is 0.437. The SMILES string of the molecule is CCO[Si](CCP(=O)(CN1CCCC1=O)O[Si](C)(C)C)(OCC)OCC. The van der Waals surface area contributed by atoms with Gasteiger partial charge in [0.1, 0.15) is 0 Å². The van der Waals surface area contributed by atoms with Crippen molar-refractivity contribution in [1.29, 1.82) is 0 Å². The van der Waals surface area contributed by atoms with Crippen molar-refractivity contribution >= 4 is 30.4 Å². The molecule has 1 heterocycles. The highest BCUT2D eigenvalue weighted by atomic mass is 31.2. The van der Waals surface area contributed by atoms with Gasteiger partial charge in [0.15, 0.2) is 8.32 Å². The lowest BCUT2D eigenvalue weighted by atomic mass is 10.4. The Bertz CT molecular complexity index is 483. The van der Waals surface area contributed by atoms with E-state index in [0.29, 0.717) is 45.0 Å².